The van der Waals surface area contributed by atoms with Crippen LogP contribution in [0.1, 0.15) is 5.56 Å². The number of allylic oxidation sites excluding steroid dienone is 2. The molecule has 93 valence electrons. The van der Waals surface area contributed by atoms with Crippen LogP contribution in [0.15, 0.2) is 36.8 Å². The van der Waals surface area contributed by atoms with Crippen molar-refractivity contribution in [2.75, 3.05) is 21.1 Å². The highest BCUT2D eigenvalue weighted by atomic mass is 35.5. The molecular formula is C12H16Cl2N3. The third kappa shape index (κ3) is 6.80. The van der Waals surface area contributed by atoms with Crippen molar-refractivity contribution in [3.8, 4) is 0 Å². The summed E-state index contributed by atoms with van der Waals surface area (Å²) in [5.41, 5.74) is 2.17. The number of aromatic nitrogens is 1. The van der Waals surface area contributed by atoms with Crippen molar-refractivity contribution in [3.05, 3.63) is 42.4 Å². The first-order valence-corrected chi connectivity index (χ1v) is 4.70. The van der Waals surface area contributed by atoms with Crippen molar-refractivity contribution in [2.24, 2.45) is 0 Å². The zero-order valence-electron chi connectivity index (χ0n) is 10.1. The fraction of sp³-hybridized carbons (Fsp3) is 0.250. The van der Waals surface area contributed by atoms with E-state index in [4.69, 9.17) is 0 Å². The van der Waals surface area contributed by atoms with E-state index in [1.165, 1.54) is 0 Å². The van der Waals surface area contributed by atoms with Crippen LogP contribution in [-0.4, -0.2) is 36.9 Å². The minimum atomic E-state index is 0. The molecule has 0 saturated heterocycles. The molecule has 0 aromatic carbocycles. The number of halogens is 2. The summed E-state index contributed by atoms with van der Waals surface area (Å²) in [6, 6.07) is 3.92. The number of pyridine rings is 1. The molecule has 1 aromatic heterocycles. The highest BCUT2D eigenvalue weighted by Crippen LogP contribution is 2.13. The predicted molar refractivity (Wildman–Crippen MR) is 70.8 cm³/mol. The molecule has 1 aromatic rings. The molecule has 0 amide bonds. The molecule has 0 aliphatic heterocycles. The molecule has 0 fully saturated rings. The van der Waals surface area contributed by atoms with Crippen molar-refractivity contribution >= 4 is 23.8 Å². The lowest BCUT2D eigenvalue weighted by molar-refractivity contribution is -0.00000342. The standard InChI is InChI=1S/C12H15N3.2ClH/c1-13-7-4-12(10-15(2)3)11-5-8-14-9-6-11;;/h4-6,8-10H,1-3H3;2*1H/q+1;;/p-1. The Kier molecular flexibility index (Phi) is 10.6. The van der Waals surface area contributed by atoms with Gasteiger partial charge < -0.3 is 17.3 Å². The van der Waals surface area contributed by atoms with Gasteiger partial charge in [0.1, 0.15) is 0 Å². The van der Waals surface area contributed by atoms with Gasteiger partial charge in [0, 0.05) is 38.3 Å². The third-order valence-corrected chi connectivity index (χ3v) is 1.76. The van der Waals surface area contributed by atoms with E-state index in [1.54, 1.807) is 19.4 Å². The lowest BCUT2D eigenvalue weighted by Crippen LogP contribution is -3.00. The van der Waals surface area contributed by atoms with Crippen LogP contribution in [0, 0.1) is 0 Å². The molecule has 0 unspecified atom stereocenters. The molecule has 0 atom stereocenters. The van der Waals surface area contributed by atoms with E-state index in [0.29, 0.717) is 0 Å². The van der Waals surface area contributed by atoms with Crippen LogP contribution in [0.3, 0.4) is 0 Å². The van der Waals surface area contributed by atoms with E-state index in [9.17, 15) is 0 Å². The lowest BCUT2D eigenvalue weighted by Gasteiger charge is -2.07. The van der Waals surface area contributed by atoms with Gasteiger partial charge in [-0.3, -0.25) is 4.98 Å². The molecule has 0 saturated carbocycles. The molecule has 5 heteroatoms. The number of hydrogen-bond donors (Lipinski definition) is 0. The minimum Gasteiger partial charge on any atom is -1.00 e. The van der Waals surface area contributed by atoms with Gasteiger partial charge in [0.25, 0.3) is 0 Å². The fourth-order valence-electron chi connectivity index (χ4n) is 1.15. The minimum absolute atomic E-state index is 0. The molecule has 0 N–H and O–H groups in total. The van der Waals surface area contributed by atoms with Crippen LogP contribution >= 0.6 is 12.4 Å². The van der Waals surface area contributed by atoms with Crippen LogP contribution in [0.2, 0.25) is 0 Å². The average Bonchev–Trinajstić information content (AvgIpc) is 2.25. The summed E-state index contributed by atoms with van der Waals surface area (Å²) in [6.45, 7) is 0. The van der Waals surface area contributed by atoms with E-state index in [0.717, 1.165) is 11.1 Å². The number of nitrogens with zero attached hydrogens (tertiary/aromatic N) is 3. The Morgan fingerprint density at radius 1 is 1.35 bits per heavy atom. The first-order valence-electron chi connectivity index (χ1n) is 4.70. The Balaban J connectivity index is 0. The highest BCUT2D eigenvalue weighted by Gasteiger charge is 1.98. The van der Waals surface area contributed by atoms with Crippen molar-refractivity contribution in [2.45, 2.75) is 0 Å². The quantitative estimate of drug-likeness (QED) is 0.501. The van der Waals surface area contributed by atoms with E-state index in [2.05, 4.69) is 15.8 Å². The van der Waals surface area contributed by atoms with E-state index in [-0.39, 0.29) is 24.8 Å². The number of rotatable bonds is 3. The zero-order chi connectivity index (χ0) is 11.1. The number of aliphatic imine (C=N–C) groups is 1. The Morgan fingerprint density at radius 2 is 1.94 bits per heavy atom. The largest absolute Gasteiger partial charge is 1.00 e. The molecule has 1 rings (SSSR count). The average molecular weight is 273 g/mol. The summed E-state index contributed by atoms with van der Waals surface area (Å²) >= 11 is 0. The maximum atomic E-state index is 3.99. The Bertz CT molecular complexity index is 393. The summed E-state index contributed by atoms with van der Waals surface area (Å²) in [4.78, 5) is 9.81. The van der Waals surface area contributed by atoms with Crippen molar-refractivity contribution in [1.82, 2.24) is 14.9 Å². The van der Waals surface area contributed by atoms with E-state index >= 15 is 0 Å². The smallest absolute Gasteiger partial charge is 0.242 e. The summed E-state index contributed by atoms with van der Waals surface area (Å²) < 4.78 is 0. The highest BCUT2D eigenvalue weighted by molar-refractivity contribution is 5.85. The molecule has 1 radical (unpaired) electrons. The molecule has 0 aliphatic rings. The fourth-order valence-corrected chi connectivity index (χ4v) is 1.15. The lowest BCUT2D eigenvalue weighted by atomic mass is 10.1. The molecule has 1 heterocycles. The number of hydrogen-bond acceptors (Lipinski definition) is 3. The Morgan fingerprint density at radius 3 is 2.41 bits per heavy atom. The van der Waals surface area contributed by atoms with Crippen molar-refractivity contribution in [3.63, 3.8) is 0 Å². The van der Waals surface area contributed by atoms with Gasteiger partial charge in [0.15, 0.2) is 0 Å². The van der Waals surface area contributed by atoms with Crippen LogP contribution in [0.25, 0.3) is 5.57 Å². The van der Waals surface area contributed by atoms with Crippen molar-refractivity contribution < 1.29 is 12.4 Å². The normalized spacial score (nSPS) is 9.24. The Labute approximate surface area is 115 Å². The third-order valence-electron chi connectivity index (χ3n) is 1.76. The van der Waals surface area contributed by atoms with Gasteiger partial charge in [-0.15, -0.1) is 12.4 Å². The molecule has 0 spiro atoms. The van der Waals surface area contributed by atoms with Gasteiger partial charge in [-0.2, -0.15) is 0 Å². The van der Waals surface area contributed by atoms with Gasteiger partial charge in [-0.1, -0.05) is 0 Å². The van der Waals surface area contributed by atoms with Crippen molar-refractivity contribution in [1.29, 1.82) is 0 Å². The van der Waals surface area contributed by atoms with Crippen LogP contribution < -0.4 is 17.4 Å². The molecule has 0 bridgehead atoms. The molecule has 17 heavy (non-hydrogen) atoms. The molecule has 0 aliphatic carbocycles. The first kappa shape index (κ1) is 18.1. The second kappa shape index (κ2) is 9.91. The monoisotopic (exact) mass is 272 g/mol. The summed E-state index contributed by atoms with van der Waals surface area (Å²) in [6.07, 6.45) is 7.42. The van der Waals surface area contributed by atoms with Gasteiger partial charge in [-0.25, -0.2) is 0 Å². The van der Waals surface area contributed by atoms with Gasteiger partial charge in [-0.05, 0) is 17.7 Å². The maximum Gasteiger partial charge on any atom is 0.242 e. The predicted octanol–water partition coefficient (Wildman–Crippen LogP) is -1.40. The summed E-state index contributed by atoms with van der Waals surface area (Å²) in [5, 5.41) is 0. The second-order valence-electron chi connectivity index (χ2n) is 3.28. The molecule has 3 nitrogen and oxygen atoms in total. The molecular weight excluding hydrogens is 257 g/mol. The summed E-state index contributed by atoms with van der Waals surface area (Å²) in [7, 11) is 5.67. The van der Waals surface area contributed by atoms with E-state index in [1.807, 2.05) is 43.4 Å². The van der Waals surface area contributed by atoms with Crippen LogP contribution in [0.5, 0.6) is 0 Å². The van der Waals surface area contributed by atoms with Gasteiger partial charge in [0.05, 0.1) is 11.1 Å². The van der Waals surface area contributed by atoms with Gasteiger partial charge >= 0.3 is 0 Å². The van der Waals surface area contributed by atoms with Gasteiger partial charge in [0.2, 0.25) is 12.9 Å². The topological polar surface area (TPSA) is 30.2 Å². The second-order valence-corrected chi connectivity index (χ2v) is 3.28. The van der Waals surface area contributed by atoms with Crippen LogP contribution in [-0.2, 0) is 0 Å². The first-order chi connectivity index (χ1) is 7.24. The Hall–Kier alpha value is -1.28. The SMILES string of the molecule is C[N+]=C=CC(=CN(C)C)c1ccncc1.Cl.[Cl-]. The zero-order valence-corrected chi connectivity index (χ0v) is 11.7. The maximum absolute atomic E-state index is 3.99. The van der Waals surface area contributed by atoms with Crippen LogP contribution in [0.4, 0.5) is 0 Å². The van der Waals surface area contributed by atoms with E-state index < -0.39 is 0 Å². The summed E-state index contributed by atoms with van der Waals surface area (Å²) in [5.74, 6) is 2.84.